The molecule has 0 saturated heterocycles. The van der Waals surface area contributed by atoms with E-state index in [4.69, 9.17) is 0 Å². The lowest BCUT2D eigenvalue weighted by Crippen LogP contribution is -2.15. The van der Waals surface area contributed by atoms with Crippen molar-refractivity contribution >= 4 is 70.6 Å². The summed E-state index contributed by atoms with van der Waals surface area (Å²) in [6.07, 6.45) is 1.95. The first kappa shape index (κ1) is 45.5. The van der Waals surface area contributed by atoms with E-state index >= 15 is 0 Å². The fourth-order valence-electron chi connectivity index (χ4n) is 7.74. The quantitative estimate of drug-likeness (QED) is 0.0782. The Morgan fingerprint density at radius 1 is 0.462 bits per heavy atom. The summed E-state index contributed by atoms with van der Waals surface area (Å²) in [5.41, 5.74) is 5.43. The Kier molecular flexibility index (Phi) is 14.0. The van der Waals surface area contributed by atoms with Crippen molar-refractivity contribution in [2.24, 2.45) is 0 Å². The van der Waals surface area contributed by atoms with Crippen LogP contribution >= 0.6 is 0 Å². The van der Waals surface area contributed by atoms with Gasteiger partial charge in [0.05, 0.1) is 32.3 Å². The van der Waals surface area contributed by atoms with E-state index in [1.807, 2.05) is 91.8 Å². The molecule has 8 aromatic carbocycles. The Hall–Kier alpha value is -7.48. The molecule has 8 aromatic rings. The molecule has 0 fully saturated rings. The highest BCUT2D eigenvalue weighted by Gasteiger charge is 2.21. The predicted molar refractivity (Wildman–Crippen MR) is 258 cm³/mol. The molecular weight excluding hydrogens is 859 g/mol. The summed E-state index contributed by atoms with van der Waals surface area (Å²) in [4.78, 5) is 25.3. The molecule has 11 nitrogen and oxygen atoms in total. The predicted octanol–water partition coefficient (Wildman–Crippen LogP) is 10.3. The molecule has 8 rings (SSSR count). The van der Waals surface area contributed by atoms with Crippen LogP contribution in [0.5, 0.6) is 0 Å². The number of hydrogen-bond donors (Lipinski definition) is 4. The van der Waals surface area contributed by atoms with Crippen LogP contribution < -0.4 is 14.3 Å². The van der Waals surface area contributed by atoms with Gasteiger partial charge in [0.1, 0.15) is 0 Å². The summed E-state index contributed by atoms with van der Waals surface area (Å²) in [5.74, 6) is -1.95. The van der Waals surface area contributed by atoms with E-state index < -0.39 is 32.0 Å². The second-order valence-corrected chi connectivity index (χ2v) is 18.8. The van der Waals surface area contributed by atoms with Gasteiger partial charge in [0.15, 0.2) is 0 Å². The molecule has 0 aliphatic rings. The minimum absolute atomic E-state index is 0.192. The number of sulfonamides is 2. The molecule has 0 atom stereocenters. The Morgan fingerprint density at radius 3 is 1.46 bits per heavy atom. The van der Waals surface area contributed by atoms with Crippen molar-refractivity contribution in [3.05, 3.63) is 209 Å². The van der Waals surface area contributed by atoms with Crippen LogP contribution in [0.1, 0.15) is 43.0 Å². The number of carbonyl (C=O) groups is 2. The van der Waals surface area contributed by atoms with Gasteiger partial charge in [-0.15, -0.1) is 0 Å². The summed E-state index contributed by atoms with van der Waals surface area (Å²) in [7, 11) is -3.80. The number of nitrogens with one attached hydrogen (secondary N) is 2. The van der Waals surface area contributed by atoms with Gasteiger partial charge in [0, 0.05) is 30.6 Å². The van der Waals surface area contributed by atoms with Crippen molar-refractivity contribution in [2.75, 3.05) is 28.4 Å². The Balaban J connectivity index is 0.000000195. The Labute approximate surface area is 378 Å². The van der Waals surface area contributed by atoms with E-state index in [0.717, 1.165) is 33.0 Å². The van der Waals surface area contributed by atoms with Crippen LogP contribution in [0.25, 0.3) is 21.5 Å². The highest BCUT2D eigenvalue weighted by atomic mass is 32.2. The summed E-state index contributed by atoms with van der Waals surface area (Å²) in [5, 5.41) is 22.1. The smallest absolute Gasteiger partial charge is 0.335 e. The maximum Gasteiger partial charge on any atom is 0.335 e. The number of hydrogen-bond acceptors (Lipinski definition) is 7. The zero-order valence-corrected chi connectivity index (χ0v) is 37.3. The van der Waals surface area contributed by atoms with Gasteiger partial charge >= 0.3 is 11.9 Å². The van der Waals surface area contributed by atoms with E-state index in [1.54, 1.807) is 103 Å². The average molecular weight is 906 g/mol. The Bertz CT molecular complexity index is 3260. The monoisotopic (exact) mass is 905 g/mol. The first-order chi connectivity index (χ1) is 31.2. The van der Waals surface area contributed by atoms with Gasteiger partial charge in [-0.05, 0) is 107 Å². The van der Waals surface area contributed by atoms with Crippen LogP contribution in [0.3, 0.4) is 0 Å². The maximum atomic E-state index is 13.5. The highest BCUT2D eigenvalue weighted by Crippen LogP contribution is 2.32. The number of aryl methyl sites for hydroxylation is 4. The molecule has 0 aromatic heterocycles. The van der Waals surface area contributed by atoms with Crippen LogP contribution in [0.15, 0.2) is 186 Å². The van der Waals surface area contributed by atoms with Crippen LogP contribution in [0.4, 0.5) is 17.1 Å². The first-order valence-corrected chi connectivity index (χ1v) is 23.7. The minimum atomic E-state index is -3.87. The van der Waals surface area contributed by atoms with E-state index in [9.17, 15) is 36.6 Å². The number of aromatic carboxylic acids is 2. The largest absolute Gasteiger partial charge is 0.478 e. The number of carboxylic acids is 2. The van der Waals surface area contributed by atoms with Crippen LogP contribution in [0.2, 0.25) is 0 Å². The molecule has 330 valence electrons. The molecule has 0 heterocycles. The molecule has 0 aliphatic heterocycles. The van der Waals surface area contributed by atoms with E-state index in [-0.39, 0.29) is 20.9 Å². The summed E-state index contributed by atoms with van der Waals surface area (Å²) in [6.45, 7) is 0. The zero-order chi connectivity index (χ0) is 46.1. The molecule has 0 aliphatic carbocycles. The normalized spacial score (nSPS) is 11.4. The van der Waals surface area contributed by atoms with Gasteiger partial charge in [-0.3, -0.25) is 9.44 Å². The molecule has 4 N–H and O–H groups in total. The van der Waals surface area contributed by atoms with Crippen LogP contribution in [-0.4, -0.2) is 53.1 Å². The molecule has 0 spiro atoms. The van der Waals surface area contributed by atoms with Crippen LogP contribution in [0, 0.1) is 0 Å². The number of fused-ring (bicyclic) bond motifs is 2. The lowest BCUT2D eigenvalue weighted by atomic mass is 9.99. The second kappa shape index (κ2) is 19.9. The number of anilines is 3. The van der Waals surface area contributed by atoms with E-state index in [2.05, 4.69) is 9.44 Å². The van der Waals surface area contributed by atoms with Crippen molar-refractivity contribution in [2.45, 2.75) is 35.5 Å². The molecule has 0 amide bonds. The third-order valence-corrected chi connectivity index (χ3v) is 13.8. The number of nitrogens with zero attached hydrogens (tertiary/aromatic N) is 1. The fourth-order valence-corrected chi connectivity index (χ4v) is 10.2. The first-order valence-electron chi connectivity index (χ1n) is 20.7. The van der Waals surface area contributed by atoms with Gasteiger partial charge in [-0.25, -0.2) is 26.4 Å². The van der Waals surface area contributed by atoms with Crippen molar-refractivity contribution < 1.29 is 36.6 Å². The second-order valence-electron chi connectivity index (χ2n) is 15.5. The highest BCUT2D eigenvalue weighted by molar-refractivity contribution is 7.93. The number of benzene rings is 8. The van der Waals surface area contributed by atoms with Gasteiger partial charge < -0.3 is 15.1 Å². The van der Waals surface area contributed by atoms with Crippen molar-refractivity contribution in [3.63, 3.8) is 0 Å². The number of carboxylic acid groups (broad SMARTS) is 2. The molecule has 0 unspecified atom stereocenters. The van der Waals surface area contributed by atoms with Gasteiger partial charge in [-0.2, -0.15) is 0 Å². The molecule has 0 saturated carbocycles. The third kappa shape index (κ3) is 10.8. The SMILES string of the molecule is CN(C)c1cccc2c(S(=O)(=O)Nc3ccccc3CCc3ccccc3C(=O)O)cccc12.O=C(O)c1ccccc1CCc1ccccc1NS(=O)(=O)c1ccc2ccccc2c1. The van der Waals surface area contributed by atoms with Crippen molar-refractivity contribution in [1.82, 2.24) is 0 Å². The fraction of sp³-hybridized carbons (Fsp3) is 0.115. The van der Waals surface area contributed by atoms with Crippen LogP contribution in [-0.2, 0) is 45.7 Å². The average Bonchev–Trinajstić information content (AvgIpc) is 3.30. The topological polar surface area (TPSA) is 170 Å². The molecule has 65 heavy (non-hydrogen) atoms. The lowest BCUT2D eigenvalue weighted by Gasteiger charge is -2.18. The minimum Gasteiger partial charge on any atom is -0.478 e. The molecule has 0 bridgehead atoms. The lowest BCUT2D eigenvalue weighted by molar-refractivity contribution is 0.0684. The maximum absolute atomic E-state index is 13.5. The summed E-state index contributed by atoms with van der Waals surface area (Å²) in [6, 6.07) is 51.6. The molecule has 0 radical (unpaired) electrons. The molecular formula is C52H47N3O8S2. The molecule has 13 heteroatoms. The van der Waals surface area contributed by atoms with Crippen molar-refractivity contribution in [1.29, 1.82) is 0 Å². The summed E-state index contributed by atoms with van der Waals surface area (Å²) >= 11 is 0. The third-order valence-electron chi connectivity index (χ3n) is 11.0. The summed E-state index contributed by atoms with van der Waals surface area (Å²) < 4.78 is 58.4. The van der Waals surface area contributed by atoms with Gasteiger partial charge in [-0.1, -0.05) is 127 Å². The van der Waals surface area contributed by atoms with E-state index in [1.165, 1.54) is 0 Å². The number of para-hydroxylation sites is 2. The Morgan fingerprint density at radius 2 is 0.908 bits per heavy atom. The zero-order valence-electron chi connectivity index (χ0n) is 35.7. The van der Waals surface area contributed by atoms with Gasteiger partial charge in [0.2, 0.25) is 0 Å². The van der Waals surface area contributed by atoms with Gasteiger partial charge in [0.25, 0.3) is 20.0 Å². The standard InChI is InChI=1S/C27H26N2O4S.C25H21NO4S/c1-29(2)25-15-7-13-23-22(25)12-8-16-26(23)34(32,33)28-24-14-6-4-10-20(24)18-17-19-9-3-5-11-21(19)27(30)31;27-25(28)23-11-5-3-8-19(23)13-14-20-9-4-6-12-24(20)26-31(29,30)22-16-15-18-7-1-2-10-21(18)17-22/h3-16,28H,17-18H2,1-2H3,(H,30,31);1-12,15-17,26H,13-14H2,(H,27,28). The van der Waals surface area contributed by atoms with E-state index in [0.29, 0.717) is 53.6 Å². The number of rotatable bonds is 15. The van der Waals surface area contributed by atoms with Crippen molar-refractivity contribution in [3.8, 4) is 0 Å².